The molecular weight excluding hydrogens is 359 g/mol. The van der Waals surface area contributed by atoms with Crippen molar-refractivity contribution in [2.75, 3.05) is 0 Å². The van der Waals surface area contributed by atoms with Gasteiger partial charge in [-0.05, 0) is 36.2 Å². The minimum absolute atomic E-state index is 0.240. The van der Waals surface area contributed by atoms with E-state index in [1.165, 1.54) is 24.7 Å². The van der Waals surface area contributed by atoms with Crippen molar-refractivity contribution in [3.63, 3.8) is 0 Å². The monoisotopic (exact) mass is 373 g/mol. The summed E-state index contributed by atoms with van der Waals surface area (Å²) in [6.45, 7) is 1.66. The Balaban J connectivity index is 1.93. The number of alkyl halides is 3. The number of para-hydroxylation sites is 1. The van der Waals surface area contributed by atoms with Crippen LogP contribution in [0.25, 0.3) is 5.69 Å². The van der Waals surface area contributed by atoms with Gasteiger partial charge in [-0.2, -0.15) is 23.4 Å². The fourth-order valence-corrected chi connectivity index (χ4v) is 2.45. The summed E-state index contributed by atoms with van der Waals surface area (Å²) in [7, 11) is 0. The van der Waals surface area contributed by atoms with Crippen LogP contribution in [-0.4, -0.2) is 26.9 Å². The Kier molecular flexibility index (Phi) is 5.02. The second-order valence-electron chi connectivity index (χ2n) is 5.58. The lowest BCUT2D eigenvalue weighted by atomic mass is 10.2. The van der Waals surface area contributed by atoms with Gasteiger partial charge in [-0.15, -0.1) is 0 Å². The van der Waals surface area contributed by atoms with Crippen LogP contribution in [0.1, 0.15) is 27.2 Å². The molecule has 0 spiro atoms. The molecule has 138 valence electrons. The van der Waals surface area contributed by atoms with Crippen LogP contribution in [0.5, 0.6) is 0 Å². The Morgan fingerprint density at radius 1 is 1.19 bits per heavy atom. The molecule has 1 aromatic carbocycles. The van der Waals surface area contributed by atoms with Crippen molar-refractivity contribution in [2.24, 2.45) is 5.10 Å². The van der Waals surface area contributed by atoms with E-state index in [1.807, 2.05) is 0 Å². The van der Waals surface area contributed by atoms with E-state index in [4.69, 9.17) is 0 Å². The Labute approximate surface area is 152 Å². The molecule has 0 aliphatic carbocycles. The molecule has 0 aliphatic heterocycles. The molecule has 3 aromatic rings. The van der Waals surface area contributed by atoms with E-state index >= 15 is 0 Å². The summed E-state index contributed by atoms with van der Waals surface area (Å²) >= 11 is 0. The molecule has 0 saturated heterocycles. The first kappa shape index (κ1) is 18.3. The number of aromatic nitrogens is 3. The highest BCUT2D eigenvalue weighted by molar-refractivity contribution is 5.96. The van der Waals surface area contributed by atoms with Gasteiger partial charge in [0.25, 0.3) is 5.91 Å². The average Bonchev–Trinajstić information content (AvgIpc) is 3.08. The van der Waals surface area contributed by atoms with E-state index in [1.54, 1.807) is 37.3 Å². The summed E-state index contributed by atoms with van der Waals surface area (Å²) in [5.74, 6) is -1.01. The van der Waals surface area contributed by atoms with Crippen molar-refractivity contribution >= 4 is 12.1 Å². The van der Waals surface area contributed by atoms with E-state index in [9.17, 15) is 18.0 Å². The Bertz CT molecular complexity index is 980. The molecule has 2 aromatic heterocycles. The second-order valence-corrected chi connectivity index (χ2v) is 5.58. The number of aryl methyl sites for hydroxylation is 1. The van der Waals surface area contributed by atoms with Gasteiger partial charge in [-0.1, -0.05) is 18.2 Å². The molecule has 1 amide bonds. The number of hydrogen-bond acceptors (Lipinski definition) is 4. The molecule has 9 heteroatoms. The predicted molar refractivity (Wildman–Crippen MR) is 92.6 cm³/mol. The molecule has 0 aliphatic rings. The van der Waals surface area contributed by atoms with Crippen LogP contribution in [-0.2, 0) is 6.18 Å². The van der Waals surface area contributed by atoms with Crippen LogP contribution >= 0.6 is 0 Å². The number of hydrogen-bond donors (Lipinski definition) is 1. The number of nitrogens with zero attached hydrogens (tertiary/aromatic N) is 4. The average molecular weight is 373 g/mol. The van der Waals surface area contributed by atoms with Gasteiger partial charge in [0.15, 0.2) is 5.69 Å². The topological polar surface area (TPSA) is 72.2 Å². The van der Waals surface area contributed by atoms with E-state index in [0.29, 0.717) is 11.1 Å². The number of carbonyl (C=O) groups excluding carboxylic acids is 1. The van der Waals surface area contributed by atoms with Crippen LogP contribution in [0.15, 0.2) is 60.1 Å². The largest absolute Gasteiger partial charge is 0.434 e. The minimum atomic E-state index is -4.78. The first-order chi connectivity index (χ1) is 12.9. The molecule has 27 heavy (non-hydrogen) atoms. The number of nitrogens with one attached hydrogen (secondary N) is 1. The molecule has 1 N–H and O–H groups in total. The first-order valence-electron chi connectivity index (χ1n) is 7.82. The third kappa shape index (κ3) is 4.02. The molecule has 0 bridgehead atoms. The molecule has 3 rings (SSSR count). The van der Waals surface area contributed by atoms with Crippen LogP contribution < -0.4 is 5.43 Å². The maximum Gasteiger partial charge on any atom is 0.434 e. The van der Waals surface area contributed by atoms with Gasteiger partial charge in [0, 0.05) is 12.4 Å². The lowest BCUT2D eigenvalue weighted by Crippen LogP contribution is -2.23. The fourth-order valence-electron chi connectivity index (χ4n) is 2.45. The normalized spacial score (nSPS) is 11.7. The molecule has 6 nitrogen and oxygen atoms in total. The molecule has 2 heterocycles. The van der Waals surface area contributed by atoms with Crippen LogP contribution in [0.2, 0.25) is 0 Å². The maximum atomic E-state index is 13.6. The molecule has 0 unspecified atom stereocenters. The lowest BCUT2D eigenvalue weighted by molar-refractivity contribution is -0.143. The van der Waals surface area contributed by atoms with Gasteiger partial charge < -0.3 is 0 Å². The smallest absolute Gasteiger partial charge is 0.267 e. The van der Waals surface area contributed by atoms with Crippen molar-refractivity contribution in [1.29, 1.82) is 0 Å². The van der Waals surface area contributed by atoms with Crippen molar-refractivity contribution in [3.8, 4) is 5.69 Å². The molecule has 0 saturated carbocycles. The van der Waals surface area contributed by atoms with Gasteiger partial charge in [-0.25, -0.2) is 10.1 Å². The highest BCUT2D eigenvalue weighted by Gasteiger charge is 2.40. The Morgan fingerprint density at radius 2 is 1.89 bits per heavy atom. The Hall–Kier alpha value is -3.49. The summed E-state index contributed by atoms with van der Waals surface area (Å²) < 4.78 is 41.6. The van der Waals surface area contributed by atoms with Crippen LogP contribution in [0.3, 0.4) is 0 Å². The van der Waals surface area contributed by atoms with E-state index in [2.05, 4.69) is 20.6 Å². The summed E-state index contributed by atoms with van der Waals surface area (Å²) in [4.78, 5) is 16.1. The number of benzene rings is 1. The number of rotatable bonds is 4. The Morgan fingerprint density at radius 3 is 2.56 bits per heavy atom. The number of hydrazone groups is 1. The molecule has 0 atom stereocenters. The van der Waals surface area contributed by atoms with Crippen molar-refractivity contribution in [2.45, 2.75) is 13.1 Å². The lowest BCUT2D eigenvalue weighted by Gasteiger charge is -2.13. The molecule has 0 radical (unpaired) electrons. The summed E-state index contributed by atoms with van der Waals surface area (Å²) in [5, 5.41) is 7.46. The van der Waals surface area contributed by atoms with Crippen LogP contribution in [0, 0.1) is 6.92 Å². The number of pyridine rings is 1. The quantitative estimate of drug-likeness (QED) is 0.563. The van der Waals surface area contributed by atoms with Gasteiger partial charge >= 0.3 is 6.18 Å². The van der Waals surface area contributed by atoms with Gasteiger partial charge in [-0.3, -0.25) is 9.78 Å². The SMILES string of the molecule is Cc1ccccc1-n1ncc(C(=O)N/N=C/c2ccncc2)c1C(F)(F)F. The summed E-state index contributed by atoms with van der Waals surface area (Å²) in [6.07, 6.45) is 0.458. The zero-order valence-electron chi connectivity index (χ0n) is 14.1. The fraction of sp³-hybridized carbons (Fsp3) is 0.111. The maximum absolute atomic E-state index is 13.6. The zero-order chi connectivity index (χ0) is 19.4. The third-order valence-corrected chi connectivity index (χ3v) is 3.71. The predicted octanol–water partition coefficient (Wildman–Crippen LogP) is 3.36. The van der Waals surface area contributed by atoms with Gasteiger partial charge in [0.2, 0.25) is 0 Å². The summed E-state index contributed by atoms with van der Waals surface area (Å²) in [6, 6.07) is 9.73. The number of amides is 1. The van der Waals surface area contributed by atoms with E-state index in [0.717, 1.165) is 10.9 Å². The third-order valence-electron chi connectivity index (χ3n) is 3.71. The molecular formula is C18H14F3N5O. The number of halogens is 3. The highest BCUT2D eigenvalue weighted by atomic mass is 19.4. The van der Waals surface area contributed by atoms with Crippen molar-refractivity contribution in [1.82, 2.24) is 20.2 Å². The van der Waals surface area contributed by atoms with Crippen LogP contribution in [0.4, 0.5) is 13.2 Å². The van der Waals surface area contributed by atoms with Crippen molar-refractivity contribution in [3.05, 3.63) is 77.4 Å². The summed E-state index contributed by atoms with van der Waals surface area (Å²) in [5.41, 5.74) is 1.79. The van der Waals surface area contributed by atoms with Gasteiger partial charge in [0.05, 0.1) is 23.7 Å². The first-order valence-corrected chi connectivity index (χ1v) is 7.82. The standard InChI is InChI=1S/C18H14F3N5O/c1-12-4-2-3-5-15(12)26-16(18(19,20)21)14(11-24-26)17(27)25-23-10-13-6-8-22-9-7-13/h2-11H,1H3,(H,25,27)/b23-10+. The second kappa shape index (κ2) is 7.40. The van der Waals surface area contributed by atoms with E-state index in [-0.39, 0.29) is 5.69 Å². The van der Waals surface area contributed by atoms with Crippen molar-refractivity contribution < 1.29 is 18.0 Å². The highest BCUT2D eigenvalue weighted by Crippen LogP contribution is 2.34. The molecule has 0 fully saturated rings. The minimum Gasteiger partial charge on any atom is -0.267 e. The number of carbonyl (C=O) groups is 1. The van der Waals surface area contributed by atoms with E-state index < -0.39 is 23.3 Å². The van der Waals surface area contributed by atoms with Gasteiger partial charge in [0.1, 0.15) is 0 Å². The zero-order valence-corrected chi connectivity index (χ0v) is 14.1.